The molecule has 0 radical (unpaired) electrons. The van der Waals surface area contributed by atoms with Crippen molar-refractivity contribution >= 4 is 23.4 Å². The van der Waals surface area contributed by atoms with E-state index in [1.807, 2.05) is 30.0 Å². The van der Waals surface area contributed by atoms with Crippen LogP contribution >= 0.6 is 0 Å². The maximum atomic E-state index is 13.2. The molecule has 33 heavy (non-hydrogen) atoms. The number of methoxy groups -OCH3 is 2. The Balaban J connectivity index is 1.45. The summed E-state index contributed by atoms with van der Waals surface area (Å²) in [5, 5.41) is 3.36. The zero-order valence-electron chi connectivity index (χ0n) is 19.5. The van der Waals surface area contributed by atoms with Gasteiger partial charge in [0.2, 0.25) is 5.95 Å². The summed E-state index contributed by atoms with van der Waals surface area (Å²) in [7, 11) is 3.11. The number of amides is 1. The number of hydrogen-bond acceptors (Lipinski definition) is 7. The second kappa shape index (κ2) is 9.77. The van der Waals surface area contributed by atoms with Crippen LogP contribution in [0, 0.1) is 13.8 Å². The number of anilines is 3. The average molecular weight is 448 g/mol. The van der Waals surface area contributed by atoms with Gasteiger partial charge in [0.25, 0.3) is 5.91 Å². The van der Waals surface area contributed by atoms with Gasteiger partial charge >= 0.3 is 0 Å². The van der Waals surface area contributed by atoms with Crippen molar-refractivity contribution in [2.24, 2.45) is 0 Å². The molecule has 1 aliphatic heterocycles. The van der Waals surface area contributed by atoms with Gasteiger partial charge in [0, 0.05) is 43.6 Å². The van der Waals surface area contributed by atoms with Crippen LogP contribution in [0.1, 0.15) is 21.6 Å². The summed E-state index contributed by atoms with van der Waals surface area (Å²) in [5.74, 6) is 2.35. The number of aromatic nitrogens is 2. The van der Waals surface area contributed by atoms with E-state index in [1.165, 1.54) is 5.56 Å². The molecule has 4 rings (SSSR count). The minimum Gasteiger partial charge on any atom is -0.493 e. The summed E-state index contributed by atoms with van der Waals surface area (Å²) in [6.45, 7) is 6.44. The fourth-order valence-corrected chi connectivity index (χ4v) is 3.88. The molecular formula is C25H29N5O3. The second-order valence-corrected chi connectivity index (χ2v) is 8.01. The molecule has 0 saturated carbocycles. The predicted molar refractivity (Wildman–Crippen MR) is 129 cm³/mol. The zero-order valence-corrected chi connectivity index (χ0v) is 19.5. The number of nitrogens with one attached hydrogen (secondary N) is 1. The van der Waals surface area contributed by atoms with Crippen LogP contribution in [0.15, 0.2) is 48.5 Å². The lowest BCUT2D eigenvalue weighted by atomic mass is 10.1. The molecule has 1 aromatic heterocycles. The molecule has 0 unspecified atom stereocenters. The number of carbonyl (C=O) groups excluding carboxylic acids is 1. The molecule has 3 aromatic rings. The number of rotatable bonds is 6. The van der Waals surface area contributed by atoms with E-state index in [9.17, 15) is 4.79 Å². The maximum absolute atomic E-state index is 13.2. The van der Waals surface area contributed by atoms with Crippen molar-refractivity contribution in [2.75, 3.05) is 50.6 Å². The zero-order chi connectivity index (χ0) is 23.4. The quantitative estimate of drug-likeness (QED) is 0.615. The molecule has 0 bridgehead atoms. The Morgan fingerprint density at radius 3 is 2.33 bits per heavy atom. The van der Waals surface area contributed by atoms with E-state index in [4.69, 9.17) is 14.5 Å². The number of benzene rings is 2. The highest BCUT2D eigenvalue weighted by molar-refractivity contribution is 5.98. The Morgan fingerprint density at radius 2 is 1.67 bits per heavy atom. The van der Waals surface area contributed by atoms with Crippen LogP contribution < -0.4 is 19.7 Å². The van der Waals surface area contributed by atoms with E-state index in [2.05, 4.69) is 34.3 Å². The highest BCUT2D eigenvalue weighted by Gasteiger charge is 2.26. The third kappa shape index (κ3) is 5.00. The molecule has 0 atom stereocenters. The average Bonchev–Trinajstić information content (AvgIpc) is 2.84. The summed E-state index contributed by atoms with van der Waals surface area (Å²) in [5.41, 5.74) is 3.57. The predicted octanol–water partition coefficient (Wildman–Crippen LogP) is 3.82. The number of para-hydroxylation sites is 1. The summed E-state index contributed by atoms with van der Waals surface area (Å²) < 4.78 is 10.8. The second-order valence-electron chi connectivity index (χ2n) is 8.01. The topological polar surface area (TPSA) is 79.8 Å². The Kier molecular flexibility index (Phi) is 6.63. The van der Waals surface area contributed by atoms with Gasteiger partial charge in [-0.05, 0) is 38.1 Å². The first-order valence-electron chi connectivity index (χ1n) is 10.9. The normalized spacial score (nSPS) is 13.6. The molecule has 2 aromatic carbocycles. The van der Waals surface area contributed by atoms with Crippen molar-refractivity contribution in [1.82, 2.24) is 14.9 Å². The van der Waals surface area contributed by atoms with E-state index in [0.29, 0.717) is 49.2 Å². The molecule has 1 saturated heterocycles. The lowest BCUT2D eigenvalue weighted by Crippen LogP contribution is -2.49. The van der Waals surface area contributed by atoms with Crippen LogP contribution in [-0.2, 0) is 0 Å². The fourth-order valence-electron chi connectivity index (χ4n) is 3.88. The monoisotopic (exact) mass is 447 g/mol. The molecule has 1 aliphatic rings. The third-order valence-electron chi connectivity index (χ3n) is 5.65. The number of piperazine rings is 1. The van der Waals surface area contributed by atoms with Gasteiger partial charge in [-0.1, -0.05) is 23.8 Å². The Morgan fingerprint density at radius 1 is 0.939 bits per heavy atom. The van der Waals surface area contributed by atoms with Crippen LogP contribution in [0.3, 0.4) is 0 Å². The lowest BCUT2D eigenvalue weighted by Gasteiger charge is -2.35. The number of carbonyl (C=O) groups is 1. The van der Waals surface area contributed by atoms with E-state index in [0.717, 1.165) is 17.2 Å². The minimum atomic E-state index is -0.0720. The number of hydrogen-bond donors (Lipinski definition) is 1. The Hall–Kier alpha value is -3.81. The fraction of sp³-hybridized carbons (Fsp3) is 0.320. The minimum absolute atomic E-state index is 0.0720. The summed E-state index contributed by atoms with van der Waals surface area (Å²) in [4.78, 5) is 26.4. The Bertz CT molecular complexity index is 1130. The van der Waals surface area contributed by atoms with Crippen molar-refractivity contribution in [2.45, 2.75) is 13.8 Å². The first-order chi connectivity index (χ1) is 16.0. The lowest BCUT2D eigenvalue weighted by molar-refractivity contribution is 0.0742. The largest absolute Gasteiger partial charge is 0.493 e. The van der Waals surface area contributed by atoms with Gasteiger partial charge in [-0.25, -0.2) is 4.98 Å². The van der Waals surface area contributed by atoms with Crippen LogP contribution in [-0.4, -0.2) is 61.2 Å². The van der Waals surface area contributed by atoms with Crippen molar-refractivity contribution in [3.05, 3.63) is 65.4 Å². The summed E-state index contributed by atoms with van der Waals surface area (Å²) in [6.07, 6.45) is 0. The molecule has 8 nitrogen and oxygen atoms in total. The van der Waals surface area contributed by atoms with E-state index < -0.39 is 0 Å². The molecule has 0 aliphatic carbocycles. The van der Waals surface area contributed by atoms with Gasteiger partial charge in [-0.2, -0.15) is 4.98 Å². The van der Waals surface area contributed by atoms with Gasteiger partial charge < -0.3 is 24.6 Å². The smallest absolute Gasteiger partial charge is 0.257 e. The molecular weight excluding hydrogens is 418 g/mol. The van der Waals surface area contributed by atoms with Crippen molar-refractivity contribution in [3.63, 3.8) is 0 Å². The molecule has 8 heteroatoms. The van der Waals surface area contributed by atoms with Crippen LogP contribution in [0.5, 0.6) is 11.5 Å². The summed E-state index contributed by atoms with van der Waals surface area (Å²) in [6, 6.07) is 15.5. The van der Waals surface area contributed by atoms with Gasteiger partial charge in [-0.3, -0.25) is 4.79 Å². The highest BCUT2D eigenvalue weighted by atomic mass is 16.5. The SMILES string of the molecule is COc1cccc(C(=O)N2CCN(c3nc(C)cc(Nc4ccc(C)cc4)n3)CC2)c1OC. The van der Waals surface area contributed by atoms with Crippen LogP contribution in [0.2, 0.25) is 0 Å². The van der Waals surface area contributed by atoms with Gasteiger partial charge in [0.05, 0.1) is 19.8 Å². The van der Waals surface area contributed by atoms with E-state index in [1.54, 1.807) is 32.4 Å². The van der Waals surface area contributed by atoms with Crippen LogP contribution in [0.25, 0.3) is 0 Å². The van der Waals surface area contributed by atoms with Gasteiger partial charge in [0.1, 0.15) is 5.82 Å². The third-order valence-corrected chi connectivity index (χ3v) is 5.65. The van der Waals surface area contributed by atoms with Gasteiger partial charge in [-0.15, -0.1) is 0 Å². The number of nitrogens with zero attached hydrogens (tertiary/aromatic N) is 4. The first kappa shape index (κ1) is 22.4. The van der Waals surface area contributed by atoms with E-state index >= 15 is 0 Å². The number of aryl methyl sites for hydroxylation is 2. The molecule has 0 spiro atoms. The Labute approximate surface area is 194 Å². The van der Waals surface area contributed by atoms with Crippen molar-refractivity contribution in [3.8, 4) is 11.5 Å². The molecule has 2 heterocycles. The highest BCUT2D eigenvalue weighted by Crippen LogP contribution is 2.32. The van der Waals surface area contributed by atoms with Gasteiger partial charge in [0.15, 0.2) is 11.5 Å². The molecule has 1 fully saturated rings. The molecule has 1 N–H and O–H groups in total. The standard InChI is InChI=1S/C25H29N5O3/c1-17-8-10-19(11-9-17)27-22-16-18(2)26-25(28-22)30-14-12-29(13-15-30)24(31)20-6-5-7-21(32-3)23(20)33-4/h5-11,16H,12-15H2,1-4H3,(H,26,27,28). The number of ether oxygens (including phenoxy) is 2. The first-order valence-corrected chi connectivity index (χ1v) is 10.9. The van der Waals surface area contributed by atoms with Crippen LogP contribution in [0.4, 0.5) is 17.5 Å². The van der Waals surface area contributed by atoms with Crippen molar-refractivity contribution in [1.29, 1.82) is 0 Å². The van der Waals surface area contributed by atoms with E-state index in [-0.39, 0.29) is 5.91 Å². The van der Waals surface area contributed by atoms with Crippen molar-refractivity contribution < 1.29 is 14.3 Å². The maximum Gasteiger partial charge on any atom is 0.257 e. The molecule has 172 valence electrons. The summed E-state index contributed by atoms with van der Waals surface area (Å²) >= 11 is 0. The molecule has 1 amide bonds.